The number of anilines is 1. The Bertz CT molecular complexity index is 430. The van der Waals surface area contributed by atoms with Crippen molar-refractivity contribution < 1.29 is 9.53 Å². The number of rotatable bonds is 3. The molecule has 2 rings (SSSR count). The van der Waals surface area contributed by atoms with Crippen LogP contribution in [0.2, 0.25) is 0 Å². The van der Waals surface area contributed by atoms with Gasteiger partial charge in [-0.2, -0.15) is 0 Å². The molecular formula is C13H22N4O2S. The van der Waals surface area contributed by atoms with Gasteiger partial charge < -0.3 is 15.0 Å². The van der Waals surface area contributed by atoms with E-state index in [1.807, 2.05) is 25.7 Å². The van der Waals surface area contributed by atoms with Crippen molar-refractivity contribution in [3.63, 3.8) is 0 Å². The highest BCUT2D eigenvalue weighted by atomic mass is 32.1. The number of amides is 1. The van der Waals surface area contributed by atoms with Crippen molar-refractivity contribution in [1.82, 2.24) is 15.1 Å². The smallest absolute Gasteiger partial charge is 0.410 e. The van der Waals surface area contributed by atoms with E-state index in [-0.39, 0.29) is 12.1 Å². The van der Waals surface area contributed by atoms with E-state index >= 15 is 0 Å². The fourth-order valence-corrected chi connectivity index (χ4v) is 2.68. The lowest BCUT2D eigenvalue weighted by molar-refractivity contribution is 0.0114. The molecule has 1 fully saturated rings. The molecule has 1 aliphatic heterocycles. The van der Waals surface area contributed by atoms with Gasteiger partial charge in [0, 0.05) is 13.1 Å². The average Bonchev–Trinajstić information content (AvgIpc) is 2.87. The molecule has 1 amide bonds. The van der Waals surface area contributed by atoms with E-state index in [4.69, 9.17) is 4.74 Å². The average molecular weight is 298 g/mol. The van der Waals surface area contributed by atoms with Crippen molar-refractivity contribution in [3.05, 3.63) is 5.51 Å². The molecule has 2 heterocycles. The second kappa shape index (κ2) is 6.39. The summed E-state index contributed by atoms with van der Waals surface area (Å²) in [6.45, 7) is 7.13. The van der Waals surface area contributed by atoms with Gasteiger partial charge in [0.25, 0.3) is 0 Å². The fourth-order valence-electron chi connectivity index (χ4n) is 2.23. The lowest BCUT2D eigenvalue weighted by Gasteiger charge is -2.36. The number of carbonyl (C=O) groups is 1. The molecule has 0 radical (unpaired) electrons. The number of nitrogens with zero attached hydrogens (tertiary/aromatic N) is 3. The van der Waals surface area contributed by atoms with Crippen LogP contribution in [-0.4, -0.2) is 45.9 Å². The first-order valence-corrected chi connectivity index (χ1v) is 7.83. The highest BCUT2D eigenvalue weighted by Crippen LogP contribution is 2.21. The minimum atomic E-state index is -0.453. The highest BCUT2D eigenvalue weighted by molar-refractivity contribution is 7.13. The Balaban J connectivity index is 1.92. The molecule has 0 bridgehead atoms. The lowest BCUT2D eigenvalue weighted by Crippen LogP contribution is -2.48. The van der Waals surface area contributed by atoms with Crippen molar-refractivity contribution in [2.75, 3.05) is 18.4 Å². The molecule has 1 atom stereocenters. The summed E-state index contributed by atoms with van der Waals surface area (Å²) in [6.07, 6.45) is 2.95. The van der Waals surface area contributed by atoms with E-state index in [9.17, 15) is 4.79 Å². The monoisotopic (exact) mass is 298 g/mol. The highest BCUT2D eigenvalue weighted by Gasteiger charge is 2.30. The first kappa shape index (κ1) is 15.0. The SMILES string of the molecule is CC(C)(C)OC(=O)N1CCCCC1CNc1nncs1. The van der Waals surface area contributed by atoms with Gasteiger partial charge >= 0.3 is 6.09 Å². The number of ether oxygens (including phenoxy) is 1. The Morgan fingerprint density at radius 3 is 3.00 bits per heavy atom. The van der Waals surface area contributed by atoms with E-state index in [0.717, 1.165) is 30.9 Å². The summed E-state index contributed by atoms with van der Waals surface area (Å²) in [6, 6.07) is 0.155. The van der Waals surface area contributed by atoms with Gasteiger partial charge in [0.2, 0.25) is 5.13 Å². The second-order valence-electron chi connectivity index (χ2n) is 5.95. The van der Waals surface area contributed by atoms with Gasteiger partial charge in [0.15, 0.2) is 0 Å². The van der Waals surface area contributed by atoms with Crippen molar-refractivity contribution in [2.24, 2.45) is 0 Å². The van der Waals surface area contributed by atoms with Crippen LogP contribution in [0.15, 0.2) is 5.51 Å². The van der Waals surface area contributed by atoms with Crippen LogP contribution in [0.5, 0.6) is 0 Å². The molecule has 0 saturated carbocycles. The summed E-state index contributed by atoms with van der Waals surface area (Å²) in [4.78, 5) is 14.1. The predicted octanol–water partition coefficient (Wildman–Crippen LogP) is 2.74. The molecule has 0 aromatic carbocycles. The maximum absolute atomic E-state index is 12.2. The minimum Gasteiger partial charge on any atom is -0.444 e. The van der Waals surface area contributed by atoms with Gasteiger partial charge in [-0.1, -0.05) is 11.3 Å². The molecule has 7 heteroatoms. The summed E-state index contributed by atoms with van der Waals surface area (Å²) < 4.78 is 5.48. The third kappa shape index (κ3) is 4.33. The van der Waals surface area contributed by atoms with Gasteiger partial charge in [0.1, 0.15) is 11.1 Å². The zero-order valence-corrected chi connectivity index (χ0v) is 13.1. The van der Waals surface area contributed by atoms with E-state index in [2.05, 4.69) is 15.5 Å². The normalized spacial score (nSPS) is 19.8. The fraction of sp³-hybridized carbons (Fsp3) is 0.769. The summed E-state index contributed by atoms with van der Waals surface area (Å²) in [5.41, 5.74) is 1.24. The molecule has 0 aliphatic carbocycles. The van der Waals surface area contributed by atoms with Gasteiger partial charge in [0.05, 0.1) is 6.04 Å². The zero-order chi connectivity index (χ0) is 14.6. The van der Waals surface area contributed by atoms with Crippen LogP contribution >= 0.6 is 11.3 Å². The maximum Gasteiger partial charge on any atom is 0.410 e. The Labute approximate surface area is 123 Å². The molecule has 1 unspecified atom stereocenters. The topological polar surface area (TPSA) is 67.3 Å². The predicted molar refractivity (Wildman–Crippen MR) is 79.0 cm³/mol. The summed E-state index contributed by atoms with van der Waals surface area (Å²) in [7, 11) is 0. The van der Waals surface area contributed by atoms with Crippen molar-refractivity contribution in [2.45, 2.75) is 51.7 Å². The van der Waals surface area contributed by atoms with E-state index in [1.165, 1.54) is 11.3 Å². The van der Waals surface area contributed by atoms with Gasteiger partial charge in [-0.05, 0) is 40.0 Å². The Kier molecular flexibility index (Phi) is 4.80. The molecule has 1 aliphatic rings. The van der Waals surface area contributed by atoms with Crippen LogP contribution in [0, 0.1) is 0 Å². The number of piperidine rings is 1. The number of likely N-dealkylation sites (tertiary alicyclic amines) is 1. The maximum atomic E-state index is 12.2. The van der Waals surface area contributed by atoms with E-state index in [0.29, 0.717) is 6.54 Å². The van der Waals surface area contributed by atoms with E-state index in [1.54, 1.807) is 5.51 Å². The summed E-state index contributed by atoms with van der Waals surface area (Å²) in [5, 5.41) is 11.8. The molecule has 6 nitrogen and oxygen atoms in total. The van der Waals surface area contributed by atoms with Crippen LogP contribution in [0.1, 0.15) is 40.0 Å². The number of hydrogen-bond donors (Lipinski definition) is 1. The first-order valence-electron chi connectivity index (χ1n) is 6.95. The quantitative estimate of drug-likeness (QED) is 0.929. The number of hydrogen-bond acceptors (Lipinski definition) is 6. The molecular weight excluding hydrogens is 276 g/mol. The van der Waals surface area contributed by atoms with Crippen LogP contribution in [-0.2, 0) is 4.74 Å². The van der Waals surface area contributed by atoms with Crippen LogP contribution in [0.4, 0.5) is 9.93 Å². The van der Waals surface area contributed by atoms with Gasteiger partial charge in [-0.25, -0.2) is 4.79 Å². The molecule has 20 heavy (non-hydrogen) atoms. The van der Waals surface area contributed by atoms with Crippen molar-refractivity contribution >= 4 is 22.6 Å². The van der Waals surface area contributed by atoms with Crippen LogP contribution in [0.25, 0.3) is 0 Å². The molecule has 1 aromatic heterocycles. The number of nitrogens with one attached hydrogen (secondary N) is 1. The van der Waals surface area contributed by atoms with Gasteiger partial charge in [-0.15, -0.1) is 10.2 Å². The number of aromatic nitrogens is 2. The molecule has 1 aromatic rings. The summed E-state index contributed by atoms with van der Waals surface area (Å²) >= 11 is 1.46. The van der Waals surface area contributed by atoms with E-state index < -0.39 is 5.60 Å². The second-order valence-corrected chi connectivity index (χ2v) is 6.78. The lowest BCUT2D eigenvalue weighted by atomic mass is 10.0. The summed E-state index contributed by atoms with van der Waals surface area (Å²) in [5.74, 6) is 0. The minimum absolute atomic E-state index is 0.155. The number of carbonyl (C=O) groups excluding carboxylic acids is 1. The molecule has 112 valence electrons. The first-order chi connectivity index (χ1) is 9.46. The molecule has 1 saturated heterocycles. The van der Waals surface area contributed by atoms with Crippen LogP contribution < -0.4 is 5.32 Å². The standard InChI is InChI=1S/C13H22N4O2S/c1-13(2,3)19-12(18)17-7-5-4-6-10(17)8-14-11-16-15-9-20-11/h9-10H,4-8H2,1-3H3,(H,14,16). The van der Waals surface area contributed by atoms with Crippen molar-refractivity contribution in [1.29, 1.82) is 0 Å². The van der Waals surface area contributed by atoms with Gasteiger partial charge in [-0.3, -0.25) is 0 Å². The largest absolute Gasteiger partial charge is 0.444 e. The third-order valence-electron chi connectivity index (χ3n) is 3.10. The Morgan fingerprint density at radius 2 is 2.35 bits per heavy atom. The Morgan fingerprint density at radius 1 is 1.55 bits per heavy atom. The zero-order valence-electron chi connectivity index (χ0n) is 12.3. The van der Waals surface area contributed by atoms with Crippen LogP contribution in [0.3, 0.4) is 0 Å². The van der Waals surface area contributed by atoms with Crippen molar-refractivity contribution in [3.8, 4) is 0 Å². The third-order valence-corrected chi connectivity index (χ3v) is 3.75. The Hall–Kier alpha value is -1.37. The molecule has 1 N–H and O–H groups in total. The molecule has 0 spiro atoms.